The number of amides is 1. The molecule has 0 atom stereocenters. The molecule has 0 bridgehead atoms. The summed E-state index contributed by atoms with van der Waals surface area (Å²) in [5, 5.41) is 8.64. The van der Waals surface area contributed by atoms with Crippen molar-refractivity contribution in [1.29, 1.82) is 0 Å². The van der Waals surface area contributed by atoms with E-state index in [0.717, 1.165) is 0 Å². The summed E-state index contributed by atoms with van der Waals surface area (Å²) in [6, 6.07) is 0. The van der Waals surface area contributed by atoms with Crippen LogP contribution in [0.2, 0.25) is 0 Å². The molecular weight excluding hydrogens is 208 g/mol. The summed E-state index contributed by atoms with van der Waals surface area (Å²) in [4.78, 5) is 24.1. The van der Waals surface area contributed by atoms with E-state index in [9.17, 15) is 9.59 Å². The molecule has 16 heavy (non-hydrogen) atoms. The Labute approximate surface area is 96.6 Å². The lowest BCUT2D eigenvalue weighted by Gasteiger charge is -2.39. The molecule has 0 unspecified atom stereocenters. The van der Waals surface area contributed by atoms with Gasteiger partial charge in [0.2, 0.25) is 5.91 Å². The quantitative estimate of drug-likeness (QED) is 0.749. The summed E-state index contributed by atoms with van der Waals surface area (Å²) in [6.07, 6.45) is -0.0703. The third-order valence-corrected chi connectivity index (χ3v) is 2.16. The molecule has 1 amide bonds. The van der Waals surface area contributed by atoms with Crippen molar-refractivity contribution in [1.82, 2.24) is 4.90 Å². The normalized spacial score (nSPS) is 12.4. The summed E-state index contributed by atoms with van der Waals surface area (Å²) in [5.74, 6) is -1.15. The van der Waals surface area contributed by atoms with Crippen LogP contribution in [0.5, 0.6) is 0 Å². The fourth-order valence-corrected chi connectivity index (χ4v) is 1.30. The van der Waals surface area contributed by atoms with E-state index in [-0.39, 0.29) is 18.9 Å². The predicted molar refractivity (Wildman–Crippen MR) is 62.0 cm³/mol. The fraction of sp³-hybridized carbons (Fsp3) is 0.818. The lowest BCUT2D eigenvalue weighted by atomic mass is 9.98. The van der Waals surface area contributed by atoms with Gasteiger partial charge in [0, 0.05) is 12.1 Å². The standard InChI is InChI=1S/C11H22N2O3/c1-10(2,3)13(7-6-8(14)15)9(16)11(4,5)12/h6-7,12H2,1-5H3,(H,14,15). The number of carboxylic acid groups (broad SMARTS) is 1. The summed E-state index contributed by atoms with van der Waals surface area (Å²) in [5.41, 5.74) is 4.34. The monoisotopic (exact) mass is 230 g/mol. The van der Waals surface area contributed by atoms with Crippen molar-refractivity contribution in [3.63, 3.8) is 0 Å². The van der Waals surface area contributed by atoms with E-state index in [1.165, 1.54) is 4.90 Å². The fourth-order valence-electron chi connectivity index (χ4n) is 1.30. The molecule has 0 aromatic carbocycles. The number of carbonyl (C=O) groups is 2. The van der Waals surface area contributed by atoms with Crippen LogP contribution < -0.4 is 5.73 Å². The largest absolute Gasteiger partial charge is 0.481 e. The number of nitrogens with zero attached hydrogens (tertiary/aromatic N) is 1. The van der Waals surface area contributed by atoms with Crippen molar-refractivity contribution in [2.24, 2.45) is 5.73 Å². The van der Waals surface area contributed by atoms with Gasteiger partial charge in [0.1, 0.15) is 0 Å². The van der Waals surface area contributed by atoms with Gasteiger partial charge in [-0.15, -0.1) is 0 Å². The Morgan fingerprint density at radius 3 is 1.88 bits per heavy atom. The first kappa shape index (κ1) is 14.9. The maximum atomic E-state index is 12.0. The molecule has 0 fully saturated rings. The van der Waals surface area contributed by atoms with Crippen LogP contribution in [0.1, 0.15) is 41.0 Å². The van der Waals surface area contributed by atoms with Gasteiger partial charge in [-0.3, -0.25) is 9.59 Å². The predicted octanol–water partition coefficient (Wildman–Crippen LogP) is 0.825. The first-order valence-corrected chi connectivity index (χ1v) is 5.29. The lowest BCUT2D eigenvalue weighted by Crippen LogP contribution is -2.57. The Bertz CT molecular complexity index is 274. The minimum absolute atomic E-state index is 0.0703. The van der Waals surface area contributed by atoms with Crippen molar-refractivity contribution in [2.45, 2.75) is 52.1 Å². The second kappa shape index (κ2) is 4.82. The Balaban J connectivity index is 4.83. The van der Waals surface area contributed by atoms with Crippen molar-refractivity contribution in [3.8, 4) is 0 Å². The Morgan fingerprint density at radius 2 is 1.62 bits per heavy atom. The van der Waals surface area contributed by atoms with E-state index in [0.29, 0.717) is 0 Å². The average molecular weight is 230 g/mol. The molecule has 0 aliphatic heterocycles. The number of rotatable bonds is 4. The van der Waals surface area contributed by atoms with Gasteiger partial charge in [0.05, 0.1) is 12.0 Å². The summed E-state index contributed by atoms with van der Waals surface area (Å²) < 4.78 is 0. The molecule has 0 saturated heterocycles. The van der Waals surface area contributed by atoms with Gasteiger partial charge < -0.3 is 15.7 Å². The topological polar surface area (TPSA) is 83.6 Å². The van der Waals surface area contributed by atoms with Gasteiger partial charge >= 0.3 is 5.97 Å². The van der Waals surface area contributed by atoms with Crippen LogP contribution in [0.15, 0.2) is 0 Å². The minimum Gasteiger partial charge on any atom is -0.481 e. The van der Waals surface area contributed by atoms with Gasteiger partial charge in [0.15, 0.2) is 0 Å². The molecule has 3 N–H and O–H groups in total. The minimum atomic E-state index is -0.980. The number of hydrogen-bond donors (Lipinski definition) is 2. The van der Waals surface area contributed by atoms with Crippen LogP contribution in [0.25, 0.3) is 0 Å². The molecule has 0 heterocycles. The van der Waals surface area contributed by atoms with E-state index in [2.05, 4.69) is 0 Å². The van der Waals surface area contributed by atoms with E-state index < -0.39 is 17.0 Å². The number of hydrogen-bond acceptors (Lipinski definition) is 3. The van der Waals surface area contributed by atoms with E-state index >= 15 is 0 Å². The second-order valence-electron chi connectivity index (χ2n) is 5.49. The number of carbonyl (C=O) groups excluding carboxylic acids is 1. The van der Waals surface area contributed by atoms with Crippen molar-refractivity contribution >= 4 is 11.9 Å². The summed E-state index contributed by atoms with van der Waals surface area (Å²) in [6.45, 7) is 9.00. The zero-order valence-corrected chi connectivity index (χ0v) is 10.7. The smallest absolute Gasteiger partial charge is 0.305 e. The van der Waals surface area contributed by atoms with Gasteiger partial charge in [-0.25, -0.2) is 0 Å². The Kier molecular flexibility index (Phi) is 4.49. The average Bonchev–Trinajstić information content (AvgIpc) is 1.99. The highest BCUT2D eigenvalue weighted by molar-refractivity contribution is 5.86. The van der Waals surface area contributed by atoms with Crippen molar-refractivity contribution in [2.75, 3.05) is 6.54 Å². The molecule has 5 nitrogen and oxygen atoms in total. The van der Waals surface area contributed by atoms with E-state index in [4.69, 9.17) is 10.8 Å². The SMILES string of the molecule is CC(C)(N)C(=O)N(CCC(=O)O)C(C)(C)C. The highest BCUT2D eigenvalue weighted by Gasteiger charge is 2.34. The van der Waals surface area contributed by atoms with Crippen LogP contribution >= 0.6 is 0 Å². The third-order valence-electron chi connectivity index (χ3n) is 2.16. The highest BCUT2D eigenvalue weighted by atomic mass is 16.4. The second-order valence-corrected chi connectivity index (χ2v) is 5.49. The molecule has 0 spiro atoms. The van der Waals surface area contributed by atoms with Crippen LogP contribution in [0.4, 0.5) is 0 Å². The zero-order chi connectivity index (χ0) is 13.1. The van der Waals surface area contributed by atoms with E-state index in [1.54, 1.807) is 13.8 Å². The Morgan fingerprint density at radius 1 is 1.19 bits per heavy atom. The summed E-state index contributed by atoms with van der Waals surface area (Å²) in [7, 11) is 0. The van der Waals surface area contributed by atoms with Gasteiger partial charge in [-0.05, 0) is 34.6 Å². The maximum Gasteiger partial charge on any atom is 0.305 e. The van der Waals surface area contributed by atoms with Crippen LogP contribution in [-0.4, -0.2) is 39.5 Å². The molecule has 5 heteroatoms. The summed E-state index contributed by atoms with van der Waals surface area (Å²) >= 11 is 0. The first-order valence-electron chi connectivity index (χ1n) is 5.29. The molecule has 94 valence electrons. The first-order chi connectivity index (χ1) is 6.96. The molecule has 0 aromatic rings. The molecule has 0 rings (SSSR count). The Hall–Kier alpha value is -1.10. The zero-order valence-electron chi connectivity index (χ0n) is 10.7. The van der Waals surface area contributed by atoms with Gasteiger partial charge in [-0.1, -0.05) is 0 Å². The maximum absolute atomic E-state index is 12.0. The van der Waals surface area contributed by atoms with E-state index in [1.807, 2.05) is 20.8 Å². The van der Waals surface area contributed by atoms with Gasteiger partial charge in [0.25, 0.3) is 0 Å². The molecule has 0 aliphatic rings. The van der Waals surface area contributed by atoms with Crippen LogP contribution in [0, 0.1) is 0 Å². The number of nitrogens with two attached hydrogens (primary N) is 1. The third kappa shape index (κ3) is 4.61. The molecular formula is C11H22N2O3. The molecule has 0 aromatic heterocycles. The molecule has 0 saturated carbocycles. The van der Waals surface area contributed by atoms with Crippen LogP contribution in [0.3, 0.4) is 0 Å². The van der Waals surface area contributed by atoms with Crippen LogP contribution in [-0.2, 0) is 9.59 Å². The molecule has 0 radical (unpaired) electrons. The highest BCUT2D eigenvalue weighted by Crippen LogP contribution is 2.18. The van der Waals surface area contributed by atoms with Crippen molar-refractivity contribution in [3.05, 3.63) is 0 Å². The van der Waals surface area contributed by atoms with Crippen molar-refractivity contribution < 1.29 is 14.7 Å². The molecule has 0 aliphatic carbocycles. The lowest BCUT2D eigenvalue weighted by molar-refractivity contribution is -0.143. The number of carboxylic acids is 1. The number of aliphatic carboxylic acids is 1. The van der Waals surface area contributed by atoms with Gasteiger partial charge in [-0.2, -0.15) is 0 Å².